The second-order valence-corrected chi connectivity index (χ2v) is 4.93. The molecule has 2 aromatic carbocycles. The summed E-state index contributed by atoms with van der Waals surface area (Å²) >= 11 is 0. The summed E-state index contributed by atoms with van der Waals surface area (Å²) in [6.45, 7) is 0.628. The van der Waals surface area contributed by atoms with Gasteiger partial charge in [-0.15, -0.1) is 0 Å². The Morgan fingerprint density at radius 1 is 1.17 bits per heavy atom. The molecule has 2 N–H and O–H groups in total. The number of esters is 1. The molecule has 0 spiro atoms. The van der Waals surface area contributed by atoms with Crippen molar-refractivity contribution in [3.63, 3.8) is 0 Å². The molecule has 6 nitrogen and oxygen atoms in total. The highest BCUT2D eigenvalue weighted by molar-refractivity contribution is 6.00. The number of hydrogen-bond acceptors (Lipinski definition) is 5. The molecule has 0 aliphatic heterocycles. The minimum Gasteiger partial charge on any atom is -0.508 e. The van der Waals surface area contributed by atoms with Crippen molar-refractivity contribution in [1.29, 1.82) is 0 Å². The molecule has 2 aromatic rings. The molecular formula is C17H14FNO5. The van der Waals surface area contributed by atoms with Crippen LogP contribution in [0, 0.1) is 5.82 Å². The van der Waals surface area contributed by atoms with Crippen molar-refractivity contribution in [3.05, 3.63) is 59.4 Å². The van der Waals surface area contributed by atoms with Crippen molar-refractivity contribution < 1.29 is 28.6 Å². The lowest BCUT2D eigenvalue weighted by Gasteiger charge is -2.07. The fourth-order valence-electron chi connectivity index (χ4n) is 1.95. The number of rotatable bonds is 5. The molecule has 0 fully saturated rings. The molecule has 0 unspecified atom stereocenters. The first-order valence-corrected chi connectivity index (χ1v) is 6.93. The Labute approximate surface area is 136 Å². The number of anilines is 1. The topological polar surface area (TPSA) is 92.7 Å². The predicted molar refractivity (Wildman–Crippen MR) is 83.4 cm³/mol. The minimum atomic E-state index is -0.834. The number of nitrogens with one attached hydrogen (secondary N) is 1. The number of carbonyl (C=O) groups is 3. The Morgan fingerprint density at radius 2 is 1.92 bits per heavy atom. The van der Waals surface area contributed by atoms with Crippen molar-refractivity contribution >= 4 is 23.3 Å². The monoisotopic (exact) mass is 331 g/mol. The maximum atomic E-state index is 13.9. The van der Waals surface area contributed by atoms with Crippen LogP contribution in [0.4, 0.5) is 10.1 Å². The molecule has 0 aliphatic carbocycles. The van der Waals surface area contributed by atoms with Gasteiger partial charge < -0.3 is 15.2 Å². The van der Waals surface area contributed by atoms with E-state index in [-0.39, 0.29) is 28.5 Å². The average Bonchev–Trinajstić information content (AvgIpc) is 2.51. The smallest absolute Gasteiger partial charge is 0.338 e. The first kappa shape index (κ1) is 17.1. The van der Waals surface area contributed by atoms with E-state index in [0.29, 0.717) is 0 Å². The standard InChI is InChI=1S/C17H14FNO5/c1-10(20)19-12-5-6-14(15(18)8-12)16(22)9-24-17(23)11-3-2-4-13(21)7-11/h2-8,21H,9H2,1H3,(H,19,20). The van der Waals surface area contributed by atoms with E-state index in [1.165, 1.54) is 43.3 Å². The van der Waals surface area contributed by atoms with Gasteiger partial charge in [-0.2, -0.15) is 0 Å². The van der Waals surface area contributed by atoms with Gasteiger partial charge in [-0.1, -0.05) is 6.07 Å². The van der Waals surface area contributed by atoms with E-state index in [0.717, 1.165) is 6.07 Å². The van der Waals surface area contributed by atoms with Gasteiger partial charge in [0.2, 0.25) is 11.7 Å². The van der Waals surface area contributed by atoms with Gasteiger partial charge in [-0.25, -0.2) is 9.18 Å². The molecule has 7 heteroatoms. The number of ketones is 1. The zero-order valence-corrected chi connectivity index (χ0v) is 12.7. The summed E-state index contributed by atoms with van der Waals surface area (Å²) in [5.74, 6) is -2.85. The Hall–Kier alpha value is -3.22. The third-order valence-electron chi connectivity index (χ3n) is 3.01. The van der Waals surface area contributed by atoms with Crippen LogP contribution in [0.25, 0.3) is 0 Å². The maximum absolute atomic E-state index is 13.9. The normalized spacial score (nSPS) is 10.1. The van der Waals surface area contributed by atoms with Gasteiger partial charge in [0.1, 0.15) is 11.6 Å². The summed E-state index contributed by atoms with van der Waals surface area (Å²) in [5, 5.41) is 11.7. The minimum absolute atomic E-state index is 0.0734. The van der Waals surface area contributed by atoms with E-state index in [4.69, 9.17) is 4.74 Å². The van der Waals surface area contributed by atoms with Crippen LogP contribution in [-0.4, -0.2) is 29.4 Å². The zero-order chi connectivity index (χ0) is 17.7. The Balaban J connectivity index is 2.02. The number of halogens is 1. The number of amides is 1. The molecule has 0 heterocycles. The SMILES string of the molecule is CC(=O)Nc1ccc(C(=O)COC(=O)c2cccc(O)c2)c(F)c1. The lowest BCUT2D eigenvalue weighted by Crippen LogP contribution is -2.15. The first-order chi connectivity index (χ1) is 11.4. The number of hydrogen-bond donors (Lipinski definition) is 2. The number of phenols is 1. The van der Waals surface area contributed by atoms with Gasteiger partial charge >= 0.3 is 5.97 Å². The molecule has 124 valence electrons. The van der Waals surface area contributed by atoms with Crippen LogP contribution >= 0.6 is 0 Å². The number of ether oxygens (including phenoxy) is 1. The molecule has 2 rings (SSSR count). The van der Waals surface area contributed by atoms with Crippen molar-refractivity contribution in [2.75, 3.05) is 11.9 Å². The quantitative estimate of drug-likeness (QED) is 0.649. The molecular weight excluding hydrogens is 317 g/mol. The second-order valence-electron chi connectivity index (χ2n) is 4.93. The third kappa shape index (κ3) is 4.39. The Bertz CT molecular complexity index is 803. The summed E-state index contributed by atoms with van der Waals surface area (Å²) in [7, 11) is 0. The number of aromatic hydroxyl groups is 1. The van der Waals surface area contributed by atoms with Crippen molar-refractivity contribution in [3.8, 4) is 5.75 Å². The summed E-state index contributed by atoms with van der Waals surface area (Å²) < 4.78 is 18.7. The average molecular weight is 331 g/mol. The number of Topliss-reactive ketones (excluding diaryl/α,β-unsaturated/α-hetero) is 1. The van der Waals surface area contributed by atoms with E-state index in [1.54, 1.807) is 0 Å². The molecule has 1 amide bonds. The summed E-state index contributed by atoms with van der Waals surface area (Å²) in [4.78, 5) is 34.6. The molecule has 0 saturated heterocycles. The molecule has 0 aromatic heterocycles. The lowest BCUT2D eigenvalue weighted by atomic mass is 10.1. The van der Waals surface area contributed by atoms with Gasteiger partial charge in [0, 0.05) is 12.6 Å². The van der Waals surface area contributed by atoms with E-state index in [1.807, 2.05) is 0 Å². The van der Waals surface area contributed by atoms with Crippen LogP contribution in [0.15, 0.2) is 42.5 Å². The van der Waals surface area contributed by atoms with Gasteiger partial charge in [0.15, 0.2) is 6.61 Å². The van der Waals surface area contributed by atoms with Crippen LogP contribution in [-0.2, 0) is 9.53 Å². The Morgan fingerprint density at radius 3 is 2.54 bits per heavy atom. The van der Waals surface area contributed by atoms with E-state index < -0.39 is 24.2 Å². The third-order valence-corrected chi connectivity index (χ3v) is 3.01. The highest BCUT2D eigenvalue weighted by atomic mass is 19.1. The van der Waals surface area contributed by atoms with Crippen LogP contribution < -0.4 is 5.32 Å². The van der Waals surface area contributed by atoms with Crippen LogP contribution in [0.2, 0.25) is 0 Å². The number of phenolic OH excluding ortho intramolecular Hbond substituents is 1. The number of carbonyl (C=O) groups excluding carboxylic acids is 3. The fourth-order valence-corrected chi connectivity index (χ4v) is 1.95. The van der Waals surface area contributed by atoms with E-state index in [9.17, 15) is 23.9 Å². The molecule has 0 aliphatic rings. The first-order valence-electron chi connectivity index (χ1n) is 6.93. The fraction of sp³-hybridized carbons (Fsp3) is 0.118. The van der Waals surface area contributed by atoms with Crippen LogP contribution in [0.1, 0.15) is 27.6 Å². The van der Waals surface area contributed by atoms with Gasteiger partial charge in [-0.3, -0.25) is 9.59 Å². The highest BCUT2D eigenvalue weighted by Crippen LogP contribution is 2.16. The summed E-state index contributed by atoms with van der Waals surface area (Å²) in [5.41, 5.74) is 0.0328. The lowest BCUT2D eigenvalue weighted by molar-refractivity contribution is -0.114. The Kier molecular flexibility index (Phi) is 5.26. The van der Waals surface area contributed by atoms with E-state index >= 15 is 0 Å². The van der Waals surface area contributed by atoms with E-state index in [2.05, 4.69) is 5.32 Å². The molecule has 0 radical (unpaired) electrons. The highest BCUT2D eigenvalue weighted by Gasteiger charge is 2.16. The van der Waals surface area contributed by atoms with Gasteiger partial charge in [0.25, 0.3) is 0 Å². The summed E-state index contributed by atoms with van der Waals surface area (Å²) in [6, 6.07) is 9.01. The predicted octanol–water partition coefficient (Wildman–Crippen LogP) is 2.53. The molecule has 0 saturated carbocycles. The van der Waals surface area contributed by atoms with Crippen molar-refractivity contribution in [2.45, 2.75) is 6.92 Å². The molecule has 0 atom stereocenters. The largest absolute Gasteiger partial charge is 0.508 e. The summed E-state index contributed by atoms with van der Waals surface area (Å²) in [6.07, 6.45) is 0. The molecule has 0 bridgehead atoms. The maximum Gasteiger partial charge on any atom is 0.338 e. The van der Waals surface area contributed by atoms with Gasteiger partial charge in [-0.05, 0) is 36.4 Å². The van der Waals surface area contributed by atoms with Crippen LogP contribution in [0.5, 0.6) is 5.75 Å². The molecule has 24 heavy (non-hydrogen) atoms. The van der Waals surface area contributed by atoms with Gasteiger partial charge in [0.05, 0.1) is 11.1 Å². The zero-order valence-electron chi connectivity index (χ0n) is 12.7. The second kappa shape index (κ2) is 7.36. The van der Waals surface area contributed by atoms with Crippen molar-refractivity contribution in [1.82, 2.24) is 0 Å². The van der Waals surface area contributed by atoms with Crippen molar-refractivity contribution in [2.24, 2.45) is 0 Å². The number of benzene rings is 2. The van der Waals surface area contributed by atoms with Crippen LogP contribution in [0.3, 0.4) is 0 Å².